The van der Waals surface area contributed by atoms with Crippen LogP contribution in [0, 0.1) is 0 Å². The number of aliphatic hydroxyl groups is 1. The SMILES string of the molecule is CC(C)(C)N(C(=O)O)[C@H]1CNCC[C@H]1O. The topological polar surface area (TPSA) is 72.8 Å². The summed E-state index contributed by atoms with van der Waals surface area (Å²) in [5, 5.41) is 22.1. The minimum Gasteiger partial charge on any atom is -0.465 e. The van der Waals surface area contributed by atoms with E-state index in [0.29, 0.717) is 13.0 Å². The van der Waals surface area contributed by atoms with Gasteiger partial charge in [0.25, 0.3) is 0 Å². The fourth-order valence-electron chi connectivity index (χ4n) is 2.02. The van der Waals surface area contributed by atoms with E-state index in [1.165, 1.54) is 4.90 Å². The molecule has 0 aliphatic carbocycles. The summed E-state index contributed by atoms with van der Waals surface area (Å²) in [7, 11) is 0. The number of piperidine rings is 1. The summed E-state index contributed by atoms with van der Waals surface area (Å²) in [6.07, 6.45) is -0.943. The Bertz CT molecular complexity index is 237. The van der Waals surface area contributed by atoms with Gasteiger partial charge in [-0.25, -0.2) is 4.79 Å². The fraction of sp³-hybridized carbons (Fsp3) is 0.900. The molecule has 1 saturated heterocycles. The van der Waals surface area contributed by atoms with Crippen LogP contribution >= 0.6 is 0 Å². The third kappa shape index (κ3) is 2.82. The Balaban J connectivity index is 2.83. The maximum Gasteiger partial charge on any atom is 0.408 e. The van der Waals surface area contributed by atoms with Gasteiger partial charge in [-0.15, -0.1) is 0 Å². The van der Waals surface area contributed by atoms with E-state index in [0.717, 1.165) is 6.54 Å². The number of hydrogen-bond donors (Lipinski definition) is 3. The van der Waals surface area contributed by atoms with Crippen molar-refractivity contribution in [2.75, 3.05) is 13.1 Å². The molecule has 1 heterocycles. The Kier molecular flexibility index (Phi) is 3.57. The van der Waals surface area contributed by atoms with Crippen LogP contribution in [0.2, 0.25) is 0 Å². The van der Waals surface area contributed by atoms with E-state index in [4.69, 9.17) is 5.11 Å². The van der Waals surface area contributed by atoms with Gasteiger partial charge in [0.05, 0.1) is 12.1 Å². The average Bonchev–Trinajstić information content (AvgIpc) is 2.05. The maximum atomic E-state index is 11.2. The molecule has 1 rings (SSSR count). The van der Waals surface area contributed by atoms with Crippen molar-refractivity contribution in [2.24, 2.45) is 0 Å². The Morgan fingerprint density at radius 2 is 2.07 bits per heavy atom. The molecule has 1 aliphatic heterocycles. The first-order valence-corrected chi connectivity index (χ1v) is 5.25. The number of carbonyl (C=O) groups is 1. The molecule has 15 heavy (non-hydrogen) atoms. The number of nitrogens with zero attached hydrogens (tertiary/aromatic N) is 1. The second-order valence-electron chi connectivity index (χ2n) is 4.95. The van der Waals surface area contributed by atoms with E-state index < -0.39 is 17.7 Å². The minimum atomic E-state index is -0.977. The largest absolute Gasteiger partial charge is 0.465 e. The molecule has 0 radical (unpaired) electrons. The highest BCUT2D eigenvalue weighted by atomic mass is 16.4. The second-order valence-corrected chi connectivity index (χ2v) is 4.95. The quantitative estimate of drug-likeness (QED) is 0.596. The lowest BCUT2D eigenvalue weighted by Gasteiger charge is -2.43. The van der Waals surface area contributed by atoms with Crippen molar-refractivity contribution < 1.29 is 15.0 Å². The first-order valence-electron chi connectivity index (χ1n) is 5.25. The van der Waals surface area contributed by atoms with Crippen LogP contribution in [0.1, 0.15) is 27.2 Å². The fourth-order valence-corrected chi connectivity index (χ4v) is 2.02. The van der Waals surface area contributed by atoms with Crippen molar-refractivity contribution in [3.05, 3.63) is 0 Å². The summed E-state index contributed by atoms with van der Waals surface area (Å²) in [4.78, 5) is 12.5. The van der Waals surface area contributed by atoms with Crippen molar-refractivity contribution in [3.63, 3.8) is 0 Å². The molecule has 1 fully saturated rings. The van der Waals surface area contributed by atoms with Gasteiger partial charge in [-0.3, -0.25) is 4.90 Å². The molecule has 5 nitrogen and oxygen atoms in total. The van der Waals surface area contributed by atoms with Gasteiger partial charge in [-0.2, -0.15) is 0 Å². The number of amides is 1. The maximum absolute atomic E-state index is 11.2. The van der Waals surface area contributed by atoms with E-state index in [1.54, 1.807) is 0 Å². The lowest BCUT2D eigenvalue weighted by atomic mass is 9.96. The molecule has 0 unspecified atom stereocenters. The van der Waals surface area contributed by atoms with Gasteiger partial charge < -0.3 is 15.5 Å². The summed E-state index contributed by atoms with van der Waals surface area (Å²) < 4.78 is 0. The van der Waals surface area contributed by atoms with Crippen LogP contribution in [0.15, 0.2) is 0 Å². The Hall–Kier alpha value is -0.810. The molecular weight excluding hydrogens is 196 g/mol. The predicted molar refractivity (Wildman–Crippen MR) is 56.9 cm³/mol. The first-order chi connectivity index (χ1) is 6.84. The van der Waals surface area contributed by atoms with Crippen LogP contribution in [-0.2, 0) is 0 Å². The molecule has 1 aliphatic rings. The number of carboxylic acid groups (broad SMARTS) is 1. The van der Waals surface area contributed by atoms with Crippen LogP contribution < -0.4 is 5.32 Å². The molecule has 1 amide bonds. The lowest BCUT2D eigenvalue weighted by molar-refractivity contribution is -0.00581. The molecule has 2 atom stereocenters. The van der Waals surface area contributed by atoms with Crippen molar-refractivity contribution in [2.45, 2.75) is 44.9 Å². The zero-order valence-corrected chi connectivity index (χ0v) is 9.53. The summed E-state index contributed by atoms with van der Waals surface area (Å²) in [5.74, 6) is 0. The van der Waals surface area contributed by atoms with Crippen molar-refractivity contribution in [1.82, 2.24) is 10.2 Å². The zero-order chi connectivity index (χ0) is 11.6. The molecule has 5 heteroatoms. The summed E-state index contributed by atoms with van der Waals surface area (Å²) >= 11 is 0. The zero-order valence-electron chi connectivity index (χ0n) is 9.53. The molecule has 0 aromatic heterocycles. The Morgan fingerprint density at radius 3 is 2.47 bits per heavy atom. The van der Waals surface area contributed by atoms with E-state index in [2.05, 4.69) is 5.32 Å². The van der Waals surface area contributed by atoms with E-state index in [-0.39, 0.29) is 6.04 Å². The highest BCUT2D eigenvalue weighted by Crippen LogP contribution is 2.21. The Labute approximate surface area is 90.1 Å². The molecular formula is C10H20N2O3. The standard InChI is InChI=1S/C10H20N2O3/c1-10(2,3)12(9(14)15)7-6-11-5-4-8(7)13/h7-8,11,13H,4-6H2,1-3H3,(H,14,15)/t7-,8+/m0/s1. The van der Waals surface area contributed by atoms with Gasteiger partial charge in [0, 0.05) is 12.1 Å². The summed E-state index contributed by atoms with van der Waals surface area (Å²) in [6.45, 7) is 6.77. The first kappa shape index (κ1) is 12.3. The highest BCUT2D eigenvalue weighted by molar-refractivity contribution is 5.66. The van der Waals surface area contributed by atoms with Gasteiger partial charge in [0.2, 0.25) is 0 Å². The van der Waals surface area contributed by atoms with Crippen molar-refractivity contribution >= 4 is 6.09 Å². The molecule has 0 saturated carbocycles. The van der Waals surface area contributed by atoms with Gasteiger partial charge in [-0.1, -0.05) is 0 Å². The number of hydrogen-bond acceptors (Lipinski definition) is 3. The molecule has 3 N–H and O–H groups in total. The summed E-state index contributed by atoms with van der Waals surface area (Å²) in [5.41, 5.74) is -0.490. The van der Waals surface area contributed by atoms with E-state index in [1.807, 2.05) is 20.8 Å². The van der Waals surface area contributed by atoms with Crippen LogP contribution in [0.3, 0.4) is 0 Å². The number of nitrogens with one attached hydrogen (secondary N) is 1. The molecule has 88 valence electrons. The normalized spacial score (nSPS) is 27.5. The molecule has 0 aromatic rings. The molecule has 0 bridgehead atoms. The van der Waals surface area contributed by atoms with E-state index >= 15 is 0 Å². The van der Waals surface area contributed by atoms with Gasteiger partial charge >= 0.3 is 6.09 Å². The summed E-state index contributed by atoms with van der Waals surface area (Å²) in [6, 6.07) is -0.351. The Morgan fingerprint density at radius 1 is 1.47 bits per heavy atom. The van der Waals surface area contributed by atoms with Gasteiger partial charge in [0.15, 0.2) is 0 Å². The monoisotopic (exact) mass is 216 g/mol. The highest BCUT2D eigenvalue weighted by Gasteiger charge is 2.38. The van der Waals surface area contributed by atoms with Crippen LogP contribution in [0.5, 0.6) is 0 Å². The number of rotatable bonds is 1. The van der Waals surface area contributed by atoms with Crippen LogP contribution in [0.4, 0.5) is 4.79 Å². The van der Waals surface area contributed by atoms with E-state index in [9.17, 15) is 9.90 Å². The van der Waals surface area contributed by atoms with Crippen LogP contribution in [0.25, 0.3) is 0 Å². The van der Waals surface area contributed by atoms with Crippen LogP contribution in [-0.4, -0.2) is 52.0 Å². The lowest BCUT2D eigenvalue weighted by Crippen LogP contribution is -2.61. The smallest absolute Gasteiger partial charge is 0.408 e. The predicted octanol–water partition coefficient (Wildman–Crippen LogP) is 0.488. The van der Waals surface area contributed by atoms with Crippen molar-refractivity contribution in [1.29, 1.82) is 0 Å². The average molecular weight is 216 g/mol. The number of aliphatic hydroxyl groups excluding tert-OH is 1. The third-order valence-electron chi connectivity index (χ3n) is 2.67. The molecule has 0 spiro atoms. The third-order valence-corrected chi connectivity index (χ3v) is 2.67. The second kappa shape index (κ2) is 4.37. The van der Waals surface area contributed by atoms with Gasteiger partial charge in [-0.05, 0) is 33.7 Å². The van der Waals surface area contributed by atoms with Crippen molar-refractivity contribution in [3.8, 4) is 0 Å². The molecule has 0 aromatic carbocycles. The van der Waals surface area contributed by atoms with Gasteiger partial charge in [0.1, 0.15) is 0 Å². The minimum absolute atomic E-state index is 0.351.